The van der Waals surface area contributed by atoms with Crippen LogP contribution >= 0.6 is 0 Å². The Morgan fingerprint density at radius 3 is 2.84 bits per heavy atom. The molecule has 2 saturated heterocycles. The van der Waals surface area contributed by atoms with E-state index in [1.54, 1.807) is 0 Å². The van der Waals surface area contributed by atoms with Crippen LogP contribution in [-0.4, -0.2) is 47.7 Å². The summed E-state index contributed by atoms with van der Waals surface area (Å²) in [5, 5.41) is 12.6. The Kier molecular flexibility index (Phi) is 4.85. The maximum absolute atomic E-state index is 12.8. The Balaban J connectivity index is 2.07. The first-order chi connectivity index (χ1) is 9.06. The second-order valence-electron chi connectivity index (χ2n) is 6.67. The summed E-state index contributed by atoms with van der Waals surface area (Å²) in [7, 11) is 0. The van der Waals surface area contributed by atoms with E-state index >= 15 is 0 Å². The van der Waals surface area contributed by atoms with Crippen molar-refractivity contribution in [3.63, 3.8) is 0 Å². The van der Waals surface area contributed by atoms with Crippen LogP contribution in [0.25, 0.3) is 0 Å². The molecule has 0 aromatic carbocycles. The van der Waals surface area contributed by atoms with Gasteiger partial charge in [-0.25, -0.2) is 0 Å². The van der Waals surface area contributed by atoms with Gasteiger partial charge in [0.25, 0.3) is 0 Å². The van der Waals surface area contributed by atoms with Crippen LogP contribution in [-0.2, 0) is 4.79 Å². The third-order valence-electron chi connectivity index (χ3n) is 4.75. The van der Waals surface area contributed by atoms with Crippen molar-refractivity contribution >= 4 is 5.91 Å². The maximum Gasteiger partial charge on any atom is 0.240 e. The average molecular weight is 268 g/mol. The van der Waals surface area contributed by atoms with Gasteiger partial charge in [-0.2, -0.15) is 0 Å². The maximum atomic E-state index is 12.8. The number of carbonyl (C=O) groups is 1. The van der Waals surface area contributed by atoms with Crippen LogP contribution in [0.15, 0.2) is 0 Å². The SMILES string of the molecule is CC1(C)CCCNC1C(=O)N1CCCCC1CCO. The van der Waals surface area contributed by atoms with Crippen molar-refractivity contribution in [1.82, 2.24) is 10.2 Å². The predicted molar refractivity (Wildman–Crippen MR) is 75.9 cm³/mol. The molecule has 0 saturated carbocycles. The Labute approximate surface area is 116 Å². The highest BCUT2D eigenvalue weighted by molar-refractivity contribution is 5.83. The highest BCUT2D eigenvalue weighted by atomic mass is 16.3. The van der Waals surface area contributed by atoms with E-state index in [0.717, 1.165) is 45.2 Å². The number of carbonyl (C=O) groups excluding carboxylic acids is 1. The van der Waals surface area contributed by atoms with Gasteiger partial charge in [0.2, 0.25) is 5.91 Å². The highest BCUT2D eigenvalue weighted by Crippen LogP contribution is 2.32. The van der Waals surface area contributed by atoms with Gasteiger partial charge < -0.3 is 15.3 Å². The fourth-order valence-electron chi connectivity index (χ4n) is 3.54. The lowest BCUT2D eigenvalue weighted by Gasteiger charge is -2.44. The number of aliphatic hydroxyl groups excluding tert-OH is 1. The zero-order valence-electron chi connectivity index (χ0n) is 12.3. The molecule has 2 aliphatic heterocycles. The lowest BCUT2D eigenvalue weighted by atomic mass is 9.76. The summed E-state index contributed by atoms with van der Waals surface area (Å²) in [6, 6.07) is 0.186. The van der Waals surface area contributed by atoms with Crippen LogP contribution in [0.2, 0.25) is 0 Å². The molecule has 2 aliphatic rings. The van der Waals surface area contributed by atoms with Crippen LogP contribution in [0, 0.1) is 5.41 Å². The highest BCUT2D eigenvalue weighted by Gasteiger charge is 2.41. The smallest absolute Gasteiger partial charge is 0.240 e. The van der Waals surface area contributed by atoms with E-state index in [0.29, 0.717) is 0 Å². The molecule has 0 bridgehead atoms. The van der Waals surface area contributed by atoms with Crippen LogP contribution in [0.3, 0.4) is 0 Å². The third kappa shape index (κ3) is 3.29. The standard InChI is InChI=1S/C15H28N2O2/c1-15(2)8-5-9-16-13(15)14(19)17-10-4-3-6-12(17)7-11-18/h12-13,16,18H,3-11H2,1-2H3. The predicted octanol–water partition coefficient (Wildman–Crippen LogP) is 1.53. The van der Waals surface area contributed by atoms with Crippen molar-refractivity contribution in [2.75, 3.05) is 19.7 Å². The van der Waals surface area contributed by atoms with Gasteiger partial charge in [0.15, 0.2) is 0 Å². The van der Waals surface area contributed by atoms with Crippen molar-refractivity contribution in [1.29, 1.82) is 0 Å². The number of likely N-dealkylation sites (tertiary alicyclic amines) is 1. The molecular formula is C15H28N2O2. The molecule has 2 fully saturated rings. The first-order valence-electron chi connectivity index (χ1n) is 7.71. The summed E-state index contributed by atoms with van der Waals surface area (Å²) < 4.78 is 0. The summed E-state index contributed by atoms with van der Waals surface area (Å²) >= 11 is 0. The van der Waals surface area contributed by atoms with E-state index < -0.39 is 0 Å². The minimum atomic E-state index is -0.0551. The average Bonchev–Trinajstić information content (AvgIpc) is 2.38. The molecule has 4 heteroatoms. The first-order valence-corrected chi connectivity index (χ1v) is 7.71. The Morgan fingerprint density at radius 2 is 2.16 bits per heavy atom. The number of nitrogens with one attached hydrogen (secondary N) is 1. The van der Waals surface area contributed by atoms with Crippen LogP contribution in [0.1, 0.15) is 52.4 Å². The lowest BCUT2D eigenvalue weighted by Crippen LogP contribution is -2.59. The van der Waals surface area contributed by atoms with Gasteiger partial charge in [-0.05, 0) is 50.5 Å². The summed E-state index contributed by atoms with van der Waals surface area (Å²) in [6.45, 7) is 6.35. The second kappa shape index (κ2) is 6.23. The molecule has 2 heterocycles. The van der Waals surface area contributed by atoms with Crippen molar-refractivity contribution in [3.8, 4) is 0 Å². The zero-order valence-corrected chi connectivity index (χ0v) is 12.3. The van der Waals surface area contributed by atoms with Gasteiger partial charge in [0, 0.05) is 19.2 Å². The van der Waals surface area contributed by atoms with Gasteiger partial charge in [-0.3, -0.25) is 4.79 Å². The number of hydrogen-bond acceptors (Lipinski definition) is 3. The molecule has 0 radical (unpaired) electrons. The Hall–Kier alpha value is -0.610. The van der Waals surface area contributed by atoms with E-state index in [1.165, 1.54) is 6.42 Å². The summed E-state index contributed by atoms with van der Waals surface area (Å²) in [6.07, 6.45) is 6.29. The monoisotopic (exact) mass is 268 g/mol. The fourth-order valence-corrected chi connectivity index (χ4v) is 3.54. The van der Waals surface area contributed by atoms with Gasteiger partial charge in [-0.15, -0.1) is 0 Å². The molecule has 0 spiro atoms. The molecule has 2 unspecified atom stereocenters. The third-order valence-corrected chi connectivity index (χ3v) is 4.75. The van der Waals surface area contributed by atoms with Gasteiger partial charge in [-0.1, -0.05) is 13.8 Å². The zero-order chi connectivity index (χ0) is 13.9. The quantitative estimate of drug-likeness (QED) is 0.816. The lowest BCUT2D eigenvalue weighted by molar-refractivity contribution is -0.141. The first kappa shape index (κ1) is 14.8. The minimum absolute atomic E-state index is 0.0382. The van der Waals surface area contributed by atoms with E-state index in [1.807, 2.05) is 4.90 Å². The van der Waals surface area contributed by atoms with Crippen LogP contribution < -0.4 is 5.32 Å². The molecule has 2 atom stereocenters. The Morgan fingerprint density at radius 1 is 1.37 bits per heavy atom. The normalized spacial score (nSPS) is 31.2. The molecule has 2 rings (SSSR count). The fraction of sp³-hybridized carbons (Fsp3) is 0.933. The summed E-state index contributed by atoms with van der Waals surface area (Å²) in [4.78, 5) is 14.9. The molecule has 0 aromatic rings. The van der Waals surface area contributed by atoms with Crippen molar-refractivity contribution < 1.29 is 9.90 Å². The summed E-state index contributed by atoms with van der Waals surface area (Å²) in [5.41, 5.74) is 0.0382. The van der Waals surface area contributed by atoms with E-state index in [-0.39, 0.29) is 30.0 Å². The number of piperidine rings is 2. The molecule has 0 aromatic heterocycles. The van der Waals surface area contributed by atoms with Crippen LogP contribution in [0.4, 0.5) is 0 Å². The number of rotatable bonds is 3. The molecule has 2 N–H and O–H groups in total. The summed E-state index contributed by atoms with van der Waals surface area (Å²) in [5.74, 6) is 0.253. The van der Waals surface area contributed by atoms with Gasteiger partial charge in [0.1, 0.15) is 0 Å². The topological polar surface area (TPSA) is 52.6 Å². The minimum Gasteiger partial charge on any atom is -0.396 e. The number of nitrogens with zero attached hydrogens (tertiary/aromatic N) is 1. The number of amides is 1. The van der Waals surface area contributed by atoms with E-state index in [9.17, 15) is 9.90 Å². The number of aliphatic hydroxyl groups is 1. The number of hydrogen-bond donors (Lipinski definition) is 2. The van der Waals surface area contributed by atoms with Crippen molar-refractivity contribution in [2.24, 2.45) is 5.41 Å². The molecule has 4 nitrogen and oxygen atoms in total. The molecule has 1 amide bonds. The van der Waals surface area contributed by atoms with Gasteiger partial charge >= 0.3 is 0 Å². The Bertz CT molecular complexity index is 315. The van der Waals surface area contributed by atoms with Crippen molar-refractivity contribution in [2.45, 2.75) is 64.5 Å². The molecule has 110 valence electrons. The van der Waals surface area contributed by atoms with E-state index in [2.05, 4.69) is 19.2 Å². The molecule has 19 heavy (non-hydrogen) atoms. The molecule has 0 aliphatic carbocycles. The van der Waals surface area contributed by atoms with Crippen LogP contribution in [0.5, 0.6) is 0 Å². The van der Waals surface area contributed by atoms with Gasteiger partial charge in [0.05, 0.1) is 6.04 Å². The molecular weight excluding hydrogens is 240 g/mol. The second-order valence-corrected chi connectivity index (χ2v) is 6.67. The largest absolute Gasteiger partial charge is 0.396 e. The van der Waals surface area contributed by atoms with Crippen molar-refractivity contribution in [3.05, 3.63) is 0 Å². The van der Waals surface area contributed by atoms with E-state index in [4.69, 9.17) is 0 Å².